The molecule has 20 N–H and O–H groups in total. The Kier molecular flexibility index (Phi) is 27.0. The maximum atomic E-state index is 14.6. The third-order valence-corrected chi connectivity index (χ3v) is 17.6. The predicted octanol–water partition coefficient (Wildman–Crippen LogP) is -9.52. The highest BCUT2D eigenvalue weighted by molar-refractivity contribution is 5.12. The zero-order valence-electron chi connectivity index (χ0n) is 50.7. The second-order valence-electron chi connectivity index (χ2n) is 24.2. The molecule has 21 saturated heterocycles. The molecule has 0 spiro atoms. The average Bonchev–Trinajstić information content (AvgIpc) is 0.711. The van der Waals surface area contributed by atoms with Gasteiger partial charge in [0.05, 0.1) is 52.9 Å². The smallest absolute Gasteiger partial charge is 0.394 e. The molecule has 584 valence electrons. The van der Waals surface area contributed by atoms with Crippen molar-refractivity contribution in [2.75, 3.05) is 52.9 Å². The molecule has 0 aliphatic carbocycles. The maximum absolute atomic E-state index is 14.6. The van der Waals surface area contributed by atoms with E-state index < -0.39 is 310 Å². The number of ether oxygens (including phenoxy) is 15. The summed E-state index contributed by atoms with van der Waals surface area (Å²) in [5, 5.41) is 222. The molecule has 35 atom stereocenters. The van der Waals surface area contributed by atoms with Gasteiger partial charge in [-0.05, 0) is 0 Å². The summed E-state index contributed by atoms with van der Waals surface area (Å²) < 4.78 is 263. The molecule has 48 heteroatoms. The lowest BCUT2D eigenvalue weighted by Gasteiger charge is -2.50. The largest absolute Gasteiger partial charge is 0.460 e. The topological polar surface area (TPSA) is 543 Å². The van der Waals surface area contributed by atoms with E-state index in [2.05, 4.69) is 0 Å². The van der Waals surface area contributed by atoms with Crippen molar-refractivity contribution in [3.05, 3.63) is 12.2 Å². The van der Waals surface area contributed by atoms with Crippen LogP contribution in [0.15, 0.2) is 12.2 Å². The normalized spacial score (nSPS) is 46.5. The van der Waals surface area contributed by atoms with Crippen molar-refractivity contribution in [3.63, 3.8) is 0 Å². The predicted molar refractivity (Wildman–Crippen MR) is 277 cm³/mol. The van der Waals surface area contributed by atoms with Crippen LogP contribution < -0.4 is 0 Å². The van der Waals surface area contributed by atoms with Gasteiger partial charge >= 0.3 is 35.8 Å². The Morgan fingerprint density at radius 3 is 0.660 bits per heavy atom. The van der Waals surface area contributed by atoms with Crippen LogP contribution >= 0.6 is 0 Å². The average molecular weight is 1510 g/mol. The summed E-state index contributed by atoms with van der Waals surface area (Å²) in [6, 6.07) is 0. The van der Waals surface area contributed by atoms with Gasteiger partial charge in [0.15, 0.2) is 44.0 Å². The Morgan fingerprint density at radius 2 is 0.450 bits per heavy atom. The van der Waals surface area contributed by atoms with Crippen LogP contribution in [-0.4, -0.2) is 406 Å². The van der Waals surface area contributed by atoms with Gasteiger partial charge in [-0.15, -0.1) is 0 Å². The molecular weight excluding hydrogens is 1430 g/mol. The van der Waals surface area contributed by atoms with E-state index in [1.807, 2.05) is 0 Å². The number of aliphatic hydroxyl groups is 20. The maximum Gasteiger partial charge on any atom is 0.460 e. The van der Waals surface area contributed by atoms with Crippen molar-refractivity contribution in [2.24, 2.45) is 0 Å². The summed E-state index contributed by atoms with van der Waals surface area (Å²) in [4.78, 5) is 0. The van der Waals surface area contributed by atoms with E-state index in [1.54, 1.807) is 0 Å². The summed E-state index contributed by atoms with van der Waals surface area (Å²) in [5.41, 5.74) is 0. The minimum Gasteiger partial charge on any atom is -0.394 e. The van der Waals surface area contributed by atoms with Gasteiger partial charge in [-0.1, -0.05) is 12.2 Å². The Bertz CT molecular complexity index is 2610. The van der Waals surface area contributed by atoms with Crippen molar-refractivity contribution in [3.8, 4) is 0 Å². The molecular formula is C52H75F13O35. The molecule has 0 saturated carbocycles. The highest BCUT2D eigenvalue weighted by Gasteiger charge is 2.90. The van der Waals surface area contributed by atoms with Gasteiger partial charge in [-0.2, -0.15) is 57.1 Å². The number of halogens is 13. The minimum absolute atomic E-state index is 0.194. The monoisotopic (exact) mass is 1510 g/mol. The third kappa shape index (κ3) is 15.8. The standard InChI is InChI=1S/C52H75F13O35/c53-47(54,48(55,56)49(57,58)50(59,60)51(61,62)52(63,64)65)3-1-2-4-86-11-18-39-25(78)32(85)46(93-18)99-38-17(10-71)91-44(30(83)23(38)76)97-36-15(8-69)89-42(28(81)21(36)74)95-34-13(6-67)87-40(26(79)19(34)72)94-33-12(5-66)88-41(27(80)20(33)73)96-35-14(7-68)90-43(29(82)22(35)75)98-37-16(9-70)92-45(100-39)31(84)24(37)77/h1-2,12-46,66-85H,3-11H2/b2-1+/t12-,13-,14-,15-,16-,17-,18-,19-,20-,21-,22-,23-,24-,25-,26-,27-,28-,29-,30-,31-,32-,33-,34-,35-,36-,37-,38-,39-,40-,41-,42-,43-,44-,45-,46-/m1/s1. The summed E-state index contributed by atoms with van der Waals surface area (Å²) in [7, 11) is 0. The lowest BCUT2D eigenvalue weighted by Crippen LogP contribution is -2.70. The molecule has 21 aliphatic heterocycles. The Morgan fingerprint density at radius 1 is 0.250 bits per heavy atom. The van der Waals surface area contributed by atoms with E-state index in [1.165, 1.54) is 0 Å². The summed E-state index contributed by atoms with van der Waals surface area (Å²) >= 11 is 0. The van der Waals surface area contributed by atoms with Crippen LogP contribution in [0.4, 0.5) is 57.1 Å². The third-order valence-electron chi connectivity index (χ3n) is 17.6. The lowest BCUT2D eigenvalue weighted by atomic mass is 9.92. The summed E-state index contributed by atoms with van der Waals surface area (Å²) in [6.07, 6.45) is -88.9. The van der Waals surface area contributed by atoms with Gasteiger partial charge in [-0.25, -0.2) is 0 Å². The number of hydrogen-bond acceptors (Lipinski definition) is 35. The SMILES string of the molecule is OC[C@H]1O[C@@H]2O[C@H]3[C@H](O)[C@@H](O)[C@@H](O[C@H]4[C@H](O)[C@@H](O)[C@@H](O[C@H]5[C@H](O)[C@@H](O)[C@@H](O[C@H]6[C@H](O)[C@@H](O)[C@@H](O[C@H]7[C@H](O)[C@@H](O)[C@@H](O[C@H]8[C@H](O)[C@@H](O)[C@@H](O[C@H]1[C@H](O)[C@H]2O)O[C@@H]8CO)O[C@@H]7CO)O[C@@H]6CO)O[C@@H]5COC/C=C/CC(F)(F)C(F)(F)C(F)(F)C(F)(F)C(F)(F)C(F)(F)F)O[C@@H]4CO)O[C@@H]3CO. The molecule has 0 amide bonds. The van der Waals surface area contributed by atoms with Gasteiger partial charge in [0, 0.05) is 6.42 Å². The molecule has 21 fully saturated rings. The van der Waals surface area contributed by atoms with E-state index in [4.69, 9.17) is 71.1 Å². The van der Waals surface area contributed by atoms with Crippen molar-refractivity contribution in [1.82, 2.24) is 0 Å². The number of alkyl halides is 13. The number of rotatable bonds is 16. The van der Waals surface area contributed by atoms with E-state index in [0.29, 0.717) is 0 Å². The number of allylic oxidation sites excluding steroid dienone is 1. The molecule has 14 bridgehead atoms. The van der Waals surface area contributed by atoms with Crippen molar-refractivity contribution in [2.45, 2.75) is 257 Å². The van der Waals surface area contributed by atoms with Crippen LogP contribution in [0.2, 0.25) is 0 Å². The second kappa shape index (κ2) is 32.5. The molecule has 0 aromatic carbocycles. The van der Waals surface area contributed by atoms with E-state index in [-0.39, 0.29) is 12.2 Å². The summed E-state index contributed by atoms with van der Waals surface area (Å²) in [6.45, 7) is -9.84. The van der Waals surface area contributed by atoms with Crippen LogP contribution in [0.5, 0.6) is 0 Å². The van der Waals surface area contributed by atoms with E-state index in [0.717, 1.165) is 0 Å². The van der Waals surface area contributed by atoms with E-state index >= 15 is 0 Å². The molecule has 21 rings (SSSR count). The van der Waals surface area contributed by atoms with Crippen LogP contribution in [0.1, 0.15) is 6.42 Å². The van der Waals surface area contributed by atoms with Gasteiger partial charge in [0.25, 0.3) is 0 Å². The van der Waals surface area contributed by atoms with Gasteiger partial charge in [-0.3, -0.25) is 0 Å². The molecule has 0 aromatic heterocycles. The van der Waals surface area contributed by atoms with Gasteiger partial charge in [0.1, 0.15) is 171 Å². The van der Waals surface area contributed by atoms with Crippen molar-refractivity contribution < 1.29 is 230 Å². The summed E-state index contributed by atoms with van der Waals surface area (Å²) in [5.74, 6) is -38.6. The molecule has 21 heterocycles. The van der Waals surface area contributed by atoms with Crippen LogP contribution in [0.25, 0.3) is 0 Å². The van der Waals surface area contributed by atoms with E-state index in [9.17, 15) is 159 Å². The molecule has 21 aliphatic rings. The quantitative estimate of drug-likeness (QED) is 0.0388. The Labute approximate surface area is 551 Å². The van der Waals surface area contributed by atoms with Crippen molar-refractivity contribution in [1.29, 1.82) is 0 Å². The lowest BCUT2D eigenvalue weighted by molar-refractivity contribution is -0.439. The van der Waals surface area contributed by atoms with Gasteiger partial charge < -0.3 is 173 Å². The minimum atomic E-state index is -8.20. The van der Waals surface area contributed by atoms with Crippen LogP contribution in [-0.2, 0) is 71.1 Å². The molecule has 35 nitrogen and oxygen atoms in total. The first-order valence-electron chi connectivity index (χ1n) is 30.1. The first-order chi connectivity index (χ1) is 46.6. The number of hydrogen-bond donors (Lipinski definition) is 20. The molecule has 100 heavy (non-hydrogen) atoms. The Hall–Kier alpha value is -2.57. The number of aliphatic hydroxyl groups excluding tert-OH is 20. The zero-order chi connectivity index (χ0) is 74.6. The van der Waals surface area contributed by atoms with Gasteiger partial charge in [0.2, 0.25) is 0 Å². The second-order valence-corrected chi connectivity index (χ2v) is 24.2. The fourth-order valence-corrected chi connectivity index (χ4v) is 11.9. The van der Waals surface area contributed by atoms with Crippen LogP contribution in [0, 0.1) is 0 Å². The fraction of sp³-hybridized carbons (Fsp3) is 0.962. The molecule has 0 radical (unpaired) electrons. The molecule has 0 unspecified atom stereocenters. The Balaban J connectivity index is 1.08. The molecule has 0 aromatic rings. The van der Waals surface area contributed by atoms with Crippen LogP contribution in [0.3, 0.4) is 0 Å². The zero-order valence-corrected chi connectivity index (χ0v) is 50.7. The fourth-order valence-electron chi connectivity index (χ4n) is 11.9. The highest BCUT2D eigenvalue weighted by Crippen LogP contribution is 2.61. The first kappa shape index (κ1) is 83.1. The first-order valence-corrected chi connectivity index (χ1v) is 30.1. The highest BCUT2D eigenvalue weighted by atomic mass is 19.4. The van der Waals surface area contributed by atoms with Crippen molar-refractivity contribution >= 4 is 0 Å².